The number of hydrogen-bond acceptors (Lipinski definition) is 4. The Kier molecular flexibility index (Phi) is 6.09. The molecular weight excluding hydrogens is 423 g/mol. The molecule has 0 saturated carbocycles. The molecule has 0 atom stereocenters. The van der Waals surface area contributed by atoms with Crippen LogP contribution in [0.5, 0.6) is 0 Å². The highest BCUT2D eigenvalue weighted by Crippen LogP contribution is 2.18. The van der Waals surface area contributed by atoms with Crippen LogP contribution >= 0.6 is 23.2 Å². The number of carbonyl (C=O) groups excluding carboxylic acids is 1. The van der Waals surface area contributed by atoms with Crippen LogP contribution in [0.3, 0.4) is 0 Å². The zero-order valence-electron chi connectivity index (χ0n) is 16.6. The molecule has 1 amide bonds. The molecular formula is C22H22Cl2N4O2. The van der Waals surface area contributed by atoms with Gasteiger partial charge in [-0.15, -0.1) is 0 Å². The van der Waals surface area contributed by atoms with E-state index in [1.807, 2.05) is 31.2 Å². The second kappa shape index (κ2) is 8.76. The second-order valence-corrected chi connectivity index (χ2v) is 8.22. The number of aromatic nitrogens is 2. The number of carbonyl (C=O) groups is 1. The van der Waals surface area contributed by atoms with Gasteiger partial charge in [-0.3, -0.25) is 19.2 Å². The average Bonchev–Trinajstić information content (AvgIpc) is 2.76. The zero-order valence-corrected chi connectivity index (χ0v) is 18.2. The average molecular weight is 445 g/mol. The molecule has 1 fully saturated rings. The van der Waals surface area contributed by atoms with E-state index in [1.54, 1.807) is 27.8 Å². The maximum atomic E-state index is 13.1. The molecule has 1 aliphatic heterocycles. The maximum Gasteiger partial charge on any atom is 0.278 e. The van der Waals surface area contributed by atoms with Crippen LogP contribution in [0, 0.1) is 0 Å². The summed E-state index contributed by atoms with van der Waals surface area (Å²) in [5, 5.41) is 5.96. The summed E-state index contributed by atoms with van der Waals surface area (Å²) < 4.78 is 1.68. The molecule has 4 rings (SSSR count). The molecule has 0 bridgehead atoms. The van der Waals surface area contributed by atoms with Gasteiger partial charge >= 0.3 is 0 Å². The number of nitrogens with zero attached hydrogens (tertiary/aromatic N) is 4. The van der Waals surface area contributed by atoms with Crippen molar-refractivity contribution in [3.05, 3.63) is 74.0 Å². The molecule has 0 aliphatic carbocycles. The van der Waals surface area contributed by atoms with Crippen LogP contribution in [-0.2, 0) is 13.1 Å². The van der Waals surface area contributed by atoms with Crippen LogP contribution in [0.15, 0.2) is 47.3 Å². The third-order valence-corrected chi connectivity index (χ3v) is 5.89. The first-order valence-corrected chi connectivity index (χ1v) is 10.7. The van der Waals surface area contributed by atoms with Crippen molar-refractivity contribution in [1.82, 2.24) is 19.6 Å². The van der Waals surface area contributed by atoms with Crippen LogP contribution in [0.1, 0.15) is 23.0 Å². The normalized spacial score (nSPS) is 15.0. The van der Waals surface area contributed by atoms with Gasteiger partial charge in [-0.2, -0.15) is 5.10 Å². The molecule has 0 unspecified atom stereocenters. The van der Waals surface area contributed by atoms with E-state index in [-0.39, 0.29) is 17.0 Å². The van der Waals surface area contributed by atoms with Gasteiger partial charge in [0.15, 0.2) is 5.69 Å². The highest BCUT2D eigenvalue weighted by Gasteiger charge is 2.26. The number of halogens is 2. The summed E-state index contributed by atoms with van der Waals surface area (Å²) in [6, 6.07) is 12.9. The first kappa shape index (κ1) is 20.8. The van der Waals surface area contributed by atoms with Gasteiger partial charge in [-0.1, -0.05) is 35.3 Å². The van der Waals surface area contributed by atoms with Gasteiger partial charge < -0.3 is 4.90 Å². The van der Waals surface area contributed by atoms with Crippen LogP contribution in [0.25, 0.3) is 10.9 Å². The van der Waals surface area contributed by atoms with E-state index >= 15 is 0 Å². The van der Waals surface area contributed by atoms with Crippen molar-refractivity contribution in [2.24, 2.45) is 0 Å². The lowest BCUT2D eigenvalue weighted by atomic mass is 10.1. The smallest absolute Gasteiger partial charge is 0.278 e. The summed E-state index contributed by atoms with van der Waals surface area (Å²) in [4.78, 5) is 30.1. The van der Waals surface area contributed by atoms with Crippen molar-refractivity contribution in [2.45, 2.75) is 20.0 Å². The Labute approximate surface area is 184 Å². The summed E-state index contributed by atoms with van der Waals surface area (Å²) in [5.41, 5.74) is 1.44. The van der Waals surface area contributed by atoms with Crippen LogP contribution < -0.4 is 5.43 Å². The predicted molar refractivity (Wildman–Crippen MR) is 119 cm³/mol. The Balaban J connectivity index is 1.51. The first-order valence-electron chi connectivity index (χ1n) is 9.92. The third kappa shape index (κ3) is 4.21. The van der Waals surface area contributed by atoms with Gasteiger partial charge in [-0.25, -0.2) is 0 Å². The second-order valence-electron chi connectivity index (χ2n) is 7.35. The van der Waals surface area contributed by atoms with E-state index in [0.29, 0.717) is 35.6 Å². The fourth-order valence-electron chi connectivity index (χ4n) is 3.75. The summed E-state index contributed by atoms with van der Waals surface area (Å²) in [6.07, 6.45) is 0. The minimum atomic E-state index is -0.370. The first-order chi connectivity index (χ1) is 14.5. The molecule has 3 aromatic rings. The predicted octanol–water partition coefficient (Wildman–Crippen LogP) is 3.68. The molecule has 30 heavy (non-hydrogen) atoms. The SMILES string of the molecule is CCn1nc(C(=O)N2CCN(Cc3ccc(Cl)cc3)CC2)c(=O)c2cc(Cl)ccc21. The fourth-order valence-corrected chi connectivity index (χ4v) is 4.05. The number of amides is 1. The van der Waals surface area contributed by atoms with E-state index in [0.717, 1.165) is 24.7 Å². The van der Waals surface area contributed by atoms with Gasteiger partial charge in [0.25, 0.3) is 5.91 Å². The van der Waals surface area contributed by atoms with E-state index in [1.165, 1.54) is 5.56 Å². The fraction of sp³-hybridized carbons (Fsp3) is 0.318. The Morgan fingerprint density at radius 1 is 1.00 bits per heavy atom. The number of benzene rings is 2. The van der Waals surface area contributed by atoms with Gasteiger partial charge in [0.2, 0.25) is 5.43 Å². The molecule has 1 aromatic heterocycles. The molecule has 1 saturated heterocycles. The molecule has 0 radical (unpaired) electrons. The molecule has 8 heteroatoms. The van der Waals surface area contributed by atoms with Crippen molar-refractivity contribution in [3.8, 4) is 0 Å². The lowest BCUT2D eigenvalue weighted by Crippen LogP contribution is -2.49. The van der Waals surface area contributed by atoms with Crippen LogP contribution in [-0.4, -0.2) is 51.7 Å². The summed E-state index contributed by atoms with van der Waals surface area (Å²) in [6.45, 7) is 5.84. The van der Waals surface area contributed by atoms with Gasteiger partial charge in [0, 0.05) is 49.3 Å². The number of fused-ring (bicyclic) bond motifs is 1. The largest absolute Gasteiger partial charge is 0.335 e. The Morgan fingerprint density at radius 2 is 1.67 bits per heavy atom. The maximum absolute atomic E-state index is 13.1. The topological polar surface area (TPSA) is 58.4 Å². The van der Waals surface area contributed by atoms with Gasteiger partial charge in [-0.05, 0) is 42.8 Å². The van der Waals surface area contributed by atoms with Gasteiger partial charge in [0.1, 0.15) is 0 Å². The van der Waals surface area contributed by atoms with Crippen molar-refractivity contribution < 1.29 is 4.79 Å². The molecule has 6 nitrogen and oxygen atoms in total. The van der Waals surface area contributed by atoms with Crippen molar-refractivity contribution in [1.29, 1.82) is 0 Å². The Morgan fingerprint density at radius 3 is 2.33 bits per heavy atom. The molecule has 0 N–H and O–H groups in total. The highest BCUT2D eigenvalue weighted by atomic mass is 35.5. The molecule has 156 valence electrons. The summed E-state index contributed by atoms with van der Waals surface area (Å²) in [7, 11) is 0. The molecule has 0 spiro atoms. The Bertz CT molecular complexity index is 1140. The molecule has 2 aromatic carbocycles. The number of rotatable bonds is 4. The van der Waals surface area contributed by atoms with Crippen molar-refractivity contribution in [2.75, 3.05) is 26.2 Å². The van der Waals surface area contributed by atoms with Crippen LogP contribution in [0.2, 0.25) is 10.0 Å². The minimum Gasteiger partial charge on any atom is -0.335 e. The lowest BCUT2D eigenvalue weighted by Gasteiger charge is -2.34. The quantitative estimate of drug-likeness (QED) is 0.615. The zero-order chi connectivity index (χ0) is 21.3. The van der Waals surface area contributed by atoms with E-state index in [4.69, 9.17) is 23.2 Å². The van der Waals surface area contributed by atoms with Gasteiger partial charge in [0.05, 0.1) is 10.9 Å². The van der Waals surface area contributed by atoms with Crippen molar-refractivity contribution in [3.63, 3.8) is 0 Å². The van der Waals surface area contributed by atoms with Crippen molar-refractivity contribution >= 4 is 40.0 Å². The number of hydrogen-bond donors (Lipinski definition) is 0. The number of aryl methyl sites for hydroxylation is 1. The minimum absolute atomic E-state index is 0.0437. The van der Waals surface area contributed by atoms with Crippen LogP contribution in [0.4, 0.5) is 0 Å². The Hall–Kier alpha value is -2.41. The highest BCUT2D eigenvalue weighted by molar-refractivity contribution is 6.31. The summed E-state index contributed by atoms with van der Waals surface area (Å²) in [5.74, 6) is -0.324. The molecule has 2 heterocycles. The molecule has 1 aliphatic rings. The van der Waals surface area contributed by atoms with E-state index in [2.05, 4.69) is 10.00 Å². The van der Waals surface area contributed by atoms with E-state index < -0.39 is 0 Å². The standard InChI is InChI=1S/C22H22Cl2N4O2/c1-2-28-19-8-7-17(24)13-18(19)21(29)20(25-28)22(30)27-11-9-26(10-12-27)14-15-3-5-16(23)6-4-15/h3-8,13H,2,9-12,14H2,1H3. The summed E-state index contributed by atoms with van der Waals surface area (Å²) >= 11 is 12.0. The monoisotopic (exact) mass is 444 g/mol. The lowest BCUT2D eigenvalue weighted by molar-refractivity contribution is 0.0619. The number of piperazine rings is 1. The van der Waals surface area contributed by atoms with E-state index in [9.17, 15) is 9.59 Å². The third-order valence-electron chi connectivity index (χ3n) is 5.40.